The maximum atomic E-state index is 5.40. The topological polar surface area (TPSA) is 80.9 Å². The van der Waals surface area contributed by atoms with Crippen molar-refractivity contribution in [2.24, 2.45) is 4.99 Å². The number of hydrogen-bond donors (Lipinski definition) is 2. The number of ether oxygens (including phenoxy) is 2. The lowest BCUT2D eigenvalue weighted by Crippen LogP contribution is -2.36. The first kappa shape index (κ1) is 17.1. The molecule has 25 heavy (non-hydrogen) atoms. The zero-order valence-corrected chi connectivity index (χ0v) is 14.8. The molecule has 7 heteroatoms. The molecule has 2 N–H and O–H groups in total. The van der Waals surface area contributed by atoms with E-state index >= 15 is 0 Å². The van der Waals surface area contributed by atoms with Crippen LogP contribution in [0.1, 0.15) is 43.7 Å². The summed E-state index contributed by atoms with van der Waals surface area (Å²) < 4.78 is 16.1. The zero-order valence-electron chi connectivity index (χ0n) is 14.8. The predicted molar refractivity (Wildman–Crippen MR) is 94.8 cm³/mol. The van der Waals surface area contributed by atoms with Gasteiger partial charge in [-0.2, -0.15) is 0 Å². The number of nitrogens with zero attached hydrogens (tertiary/aromatic N) is 2. The lowest BCUT2D eigenvalue weighted by molar-refractivity contribution is 0.174. The molecular weight excluding hydrogens is 320 g/mol. The summed E-state index contributed by atoms with van der Waals surface area (Å²) in [7, 11) is 0. The summed E-state index contributed by atoms with van der Waals surface area (Å²) in [6.07, 6.45) is 0. The van der Waals surface area contributed by atoms with Crippen molar-refractivity contribution >= 4 is 5.96 Å². The van der Waals surface area contributed by atoms with Crippen LogP contribution < -0.4 is 20.1 Å². The van der Waals surface area contributed by atoms with Crippen LogP contribution in [-0.2, 0) is 13.1 Å². The Morgan fingerprint density at radius 3 is 2.80 bits per heavy atom. The van der Waals surface area contributed by atoms with Crippen LogP contribution in [0.3, 0.4) is 0 Å². The van der Waals surface area contributed by atoms with Gasteiger partial charge in [-0.15, -0.1) is 0 Å². The fraction of sp³-hybridized carbons (Fsp3) is 0.444. The van der Waals surface area contributed by atoms with E-state index in [1.54, 1.807) is 0 Å². The normalized spacial score (nSPS) is 13.4. The maximum absolute atomic E-state index is 5.40. The Morgan fingerprint density at radius 2 is 2.04 bits per heavy atom. The van der Waals surface area contributed by atoms with Crippen LogP contribution in [0.25, 0.3) is 0 Å². The Kier molecular flexibility index (Phi) is 5.42. The standard InChI is InChI=1S/C18H24N4O3/c1-4-19-18(21-10-14-8-15(12(2)3)22-25-14)20-9-13-5-6-16-17(7-13)24-11-23-16/h5-8,12H,4,9-11H2,1-3H3,(H2,19,20,21). The molecule has 3 rings (SSSR count). The van der Waals surface area contributed by atoms with E-state index in [0.29, 0.717) is 19.0 Å². The van der Waals surface area contributed by atoms with Gasteiger partial charge < -0.3 is 24.6 Å². The third kappa shape index (κ3) is 4.43. The fourth-order valence-electron chi connectivity index (χ4n) is 2.41. The van der Waals surface area contributed by atoms with Crippen molar-refractivity contribution < 1.29 is 14.0 Å². The SMILES string of the molecule is CCNC(=NCc1ccc2c(c1)OCO2)NCc1cc(C(C)C)no1. The molecule has 0 unspecified atom stereocenters. The summed E-state index contributed by atoms with van der Waals surface area (Å²) in [4.78, 5) is 4.60. The van der Waals surface area contributed by atoms with Crippen LogP contribution in [0.15, 0.2) is 33.8 Å². The molecular formula is C18H24N4O3. The van der Waals surface area contributed by atoms with Gasteiger partial charge in [0.25, 0.3) is 0 Å². The molecule has 0 radical (unpaired) electrons. The Morgan fingerprint density at radius 1 is 1.20 bits per heavy atom. The van der Waals surface area contributed by atoms with Gasteiger partial charge in [0.05, 0.1) is 18.8 Å². The van der Waals surface area contributed by atoms with Gasteiger partial charge in [-0.25, -0.2) is 4.99 Å². The monoisotopic (exact) mass is 344 g/mol. The molecule has 0 saturated carbocycles. The first-order chi connectivity index (χ1) is 12.2. The second kappa shape index (κ2) is 7.92. The summed E-state index contributed by atoms with van der Waals surface area (Å²) in [5, 5.41) is 10.6. The van der Waals surface area contributed by atoms with E-state index in [0.717, 1.165) is 41.0 Å². The highest BCUT2D eigenvalue weighted by Gasteiger charge is 2.13. The van der Waals surface area contributed by atoms with Gasteiger partial charge in [0.1, 0.15) is 0 Å². The number of guanidine groups is 1. The third-order valence-corrected chi connectivity index (χ3v) is 3.80. The quantitative estimate of drug-likeness (QED) is 0.619. The highest BCUT2D eigenvalue weighted by Crippen LogP contribution is 2.32. The Labute approximate surface area is 147 Å². The number of aliphatic imine (C=N–C) groups is 1. The average Bonchev–Trinajstić information content (AvgIpc) is 3.25. The highest BCUT2D eigenvalue weighted by atomic mass is 16.7. The molecule has 1 aliphatic rings. The lowest BCUT2D eigenvalue weighted by Gasteiger charge is -2.10. The molecule has 0 aliphatic carbocycles. The van der Waals surface area contributed by atoms with E-state index in [1.807, 2.05) is 31.2 Å². The fourth-order valence-corrected chi connectivity index (χ4v) is 2.41. The minimum absolute atomic E-state index is 0.280. The first-order valence-electron chi connectivity index (χ1n) is 8.52. The molecule has 0 spiro atoms. The van der Waals surface area contributed by atoms with E-state index in [9.17, 15) is 0 Å². The second-order valence-corrected chi connectivity index (χ2v) is 6.11. The van der Waals surface area contributed by atoms with E-state index in [1.165, 1.54) is 0 Å². The Hall–Kier alpha value is -2.70. The van der Waals surface area contributed by atoms with Crippen molar-refractivity contribution in [2.45, 2.75) is 39.8 Å². The number of rotatable bonds is 6. The number of aromatic nitrogens is 1. The molecule has 134 valence electrons. The average molecular weight is 344 g/mol. The van der Waals surface area contributed by atoms with Gasteiger partial charge in [-0.1, -0.05) is 25.1 Å². The number of nitrogens with one attached hydrogen (secondary N) is 2. The van der Waals surface area contributed by atoms with Crippen LogP contribution in [0.2, 0.25) is 0 Å². The molecule has 0 fully saturated rings. The van der Waals surface area contributed by atoms with Crippen molar-refractivity contribution in [2.75, 3.05) is 13.3 Å². The number of fused-ring (bicyclic) bond motifs is 1. The van der Waals surface area contributed by atoms with E-state index in [4.69, 9.17) is 14.0 Å². The maximum Gasteiger partial charge on any atom is 0.231 e. The zero-order chi connectivity index (χ0) is 17.6. The van der Waals surface area contributed by atoms with Crippen molar-refractivity contribution in [3.63, 3.8) is 0 Å². The van der Waals surface area contributed by atoms with Crippen LogP contribution in [-0.4, -0.2) is 24.5 Å². The molecule has 0 saturated heterocycles. The van der Waals surface area contributed by atoms with Crippen molar-refractivity contribution in [1.82, 2.24) is 15.8 Å². The van der Waals surface area contributed by atoms with E-state index in [2.05, 4.69) is 34.6 Å². The van der Waals surface area contributed by atoms with Gasteiger partial charge in [-0.3, -0.25) is 0 Å². The van der Waals surface area contributed by atoms with E-state index in [-0.39, 0.29) is 6.79 Å². The summed E-state index contributed by atoms with van der Waals surface area (Å²) in [5.74, 6) is 3.42. The summed E-state index contributed by atoms with van der Waals surface area (Å²) in [6, 6.07) is 7.83. The number of benzene rings is 1. The summed E-state index contributed by atoms with van der Waals surface area (Å²) >= 11 is 0. The summed E-state index contributed by atoms with van der Waals surface area (Å²) in [6.45, 7) is 8.34. The van der Waals surface area contributed by atoms with Gasteiger partial charge >= 0.3 is 0 Å². The summed E-state index contributed by atoms with van der Waals surface area (Å²) in [5.41, 5.74) is 2.02. The van der Waals surface area contributed by atoms with Crippen LogP contribution in [0, 0.1) is 0 Å². The molecule has 0 amide bonds. The number of hydrogen-bond acceptors (Lipinski definition) is 5. The molecule has 7 nitrogen and oxygen atoms in total. The second-order valence-electron chi connectivity index (χ2n) is 6.11. The van der Waals surface area contributed by atoms with Gasteiger partial charge in [0, 0.05) is 12.6 Å². The van der Waals surface area contributed by atoms with Crippen LogP contribution in [0.5, 0.6) is 11.5 Å². The van der Waals surface area contributed by atoms with Crippen molar-refractivity contribution in [3.8, 4) is 11.5 Å². The largest absolute Gasteiger partial charge is 0.454 e. The Balaban J connectivity index is 1.60. The van der Waals surface area contributed by atoms with Crippen molar-refractivity contribution in [1.29, 1.82) is 0 Å². The lowest BCUT2D eigenvalue weighted by atomic mass is 10.1. The molecule has 1 aliphatic heterocycles. The molecule has 2 heterocycles. The van der Waals surface area contributed by atoms with Crippen LogP contribution >= 0.6 is 0 Å². The van der Waals surface area contributed by atoms with Gasteiger partial charge in [-0.05, 0) is 30.5 Å². The van der Waals surface area contributed by atoms with Crippen LogP contribution in [0.4, 0.5) is 0 Å². The molecule has 1 aromatic heterocycles. The van der Waals surface area contributed by atoms with Gasteiger partial charge in [0.15, 0.2) is 23.2 Å². The first-order valence-corrected chi connectivity index (χ1v) is 8.52. The predicted octanol–water partition coefficient (Wildman–Crippen LogP) is 2.78. The van der Waals surface area contributed by atoms with E-state index < -0.39 is 0 Å². The highest BCUT2D eigenvalue weighted by molar-refractivity contribution is 5.79. The Bertz CT molecular complexity index is 740. The molecule has 1 aromatic carbocycles. The molecule has 2 aromatic rings. The third-order valence-electron chi connectivity index (χ3n) is 3.80. The van der Waals surface area contributed by atoms with Gasteiger partial charge in [0.2, 0.25) is 6.79 Å². The molecule has 0 bridgehead atoms. The minimum atomic E-state index is 0.280. The van der Waals surface area contributed by atoms with Crippen molar-refractivity contribution in [3.05, 3.63) is 41.3 Å². The smallest absolute Gasteiger partial charge is 0.231 e. The molecule has 0 atom stereocenters. The minimum Gasteiger partial charge on any atom is -0.454 e.